The number of hydrogen-bond donors (Lipinski definition) is 3. The number of benzene rings is 1. The van der Waals surface area contributed by atoms with Gasteiger partial charge in [0.2, 0.25) is 11.7 Å². The second kappa shape index (κ2) is 6.67. The number of fused-ring (bicyclic) bond motifs is 1. The van der Waals surface area contributed by atoms with Crippen molar-refractivity contribution in [2.45, 2.75) is 6.54 Å². The van der Waals surface area contributed by atoms with Crippen LogP contribution in [-0.4, -0.2) is 31.0 Å². The molecule has 10 nitrogen and oxygen atoms in total. The predicted molar refractivity (Wildman–Crippen MR) is 93.9 cm³/mol. The van der Waals surface area contributed by atoms with Crippen molar-refractivity contribution >= 4 is 16.9 Å². The maximum Gasteiger partial charge on any atom is 0.314 e. The standard InChI is InChI=1S/C17H12N6O4/c24-15(9-3-4-11-12(6-9)21-17(26)16(25)20-11)19-8-13-22-14(23-27-13)10-2-1-5-18-7-10/h1-7H,8H2,(H,19,24)(H,20,25)(H,21,26). The molecule has 27 heavy (non-hydrogen) atoms. The van der Waals surface area contributed by atoms with Gasteiger partial charge in [-0.3, -0.25) is 19.4 Å². The smallest absolute Gasteiger partial charge is 0.314 e. The van der Waals surface area contributed by atoms with E-state index in [2.05, 4.69) is 30.4 Å². The predicted octanol–water partition coefficient (Wildman–Crippen LogP) is 0.591. The molecule has 3 heterocycles. The fourth-order valence-electron chi connectivity index (χ4n) is 2.45. The third-order valence-corrected chi connectivity index (χ3v) is 3.77. The molecule has 4 aromatic rings. The van der Waals surface area contributed by atoms with Crippen LogP contribution < -0.4 is 16.4 Å². The van der Waals surface area contributed by atoms with E-state index >= 15 is 0 Å². The molecule has 0 aliphatic carbocycles. The van der Waals surface area contributed by atoms with Crippen LogP contribution in [0.4, 0.5) is 0 Å². The first kappa shape index (κ1) is 16.4. The van der Waals surface area contributed by atoms with Crippen molar-refractivity contribution in [2.75, 3.05) is 0 Å². The summed E-state index contributed by atoms with van der Waals surface area (Å²) in [6.07, 6.45) is 3.24. The van der Waals surface area contributed by atoms with Crippen LogP contribution in [0.1, 0.15) is 16.2 Å². The first-order valence-electron chi connectivity index (χ1n) is 7.88. The molecule has 1 aromatic carbocycles. The van der Waals surface area contributed by atoms with Gasteiger partial charge in [-0.25, -0.2) is 0 Å². The summed E-state index contributed by atoms with van der Waals surface area (Å²) in [5, 5.41) is 6.50. The highest BCUT2D eigenvalue weighted by atomic mass is 16.5. The molecule has 10 heteroatoms. The zero-order chi connectivity index (χ0) is 18.8. The molecule has 3 aromatic heterocycles. The fourth-order valence-corrected chi connectivity index (χ4v) is 2.45. The highest BCUT2D eigenvalue weighted by Crippen LogP contribution is 2.14. The lowest BCUT2D eigenvalue weighted by Crippen LogP contribution is -2.29. The Bertz CT molecular complexity index is 1240. The second-order valence-corrected chi connectivity index (χ2v) is 5.60. The largest absolute Gasteiger partial charge is 0.343 e. The number of aromatic amines is 2. The van der Waals surface area contributed by atoms with E-state index in [4.69, 9.17) is 4.52 Å². The molecule has 4 rings (SSSR count). The molecule has 0 fully saturated rings. The fraction of sp³-hybridized carbons (Fsp3) is 0.0588. The minimum atomic E-state index is -0.783. The number of carbonyl (C=O) groups is 1. The molecule has 134 valence electrons. The first-order valence-corrected chi connectivity index (χ1v) is 7.88. The van der Waals surface area contributed by atoms with E-state index in [-0.39, 0.29) is 12.4 Å². The summed E-state index contributed by atoms with van der Waals surface area (Å²) in [6.45, 7) is 0.0340. The van der Waals surface area contributed by atoms with Gasteiger partial charge in [-0.1, -0.05) is 5.16 Å². The number of rotatable bonds is 4. The minimum Gasteiger partial charge on any atom is -0.343 e. The Morgan fingerprint density at radius 3 is 2.70 bits per heavy atom. The number of amides is 1. The average molecular weight is 364 g/mol. The Morgan fingerprint density at radius 2 is 1.93 bits per heavy atom. The lowest BCUT2D eigenvalue weighted by Gasteiger charge is -2.04. The van der Waals surface area contributed by atoms with E-state index in [1.165, 1.54) is 18.2 Å². The summed E-state index contributed by atoms with van der Waals surface area (Å²) in [5.41, 5.74) is 0.246. The highest BCUT2D eigenvalue weighted by Gasteiger charge is 2.12. The summed E-state index contributed by atoms with van der Waals surface area (Å²) >= 11 is 0. The molecule has 0 aliphatic rings. The molecule has 0 unspecified atom stereocenters. The molecule has 0 spiro atoms. The maximum absolute atomic E-state index is 12.3. The zero-order valence-corrected chi connectivity index (χ0v) is 13.7. The molecule has 0 aliphatic heterocycles. The molecule has 0 radical (unpaired) electrons. The lowest BCUT2D eigenvalue weighted by molar-refractivity contribution is 0.0946. The van der Waals surface area contributed by atoms with Crippen LogP contribution in [0.25, 0.3) is 22.4 Å². The molecule has 1 amide bonds. The van der Waals surface area contributed by atoms with Gasteiger partial charge in [-0.05, 0) is 30.3 Å². The number of carbonyl (C=O) groups excluding carboxylic acids is 1. The van der Waals surface area contributed by atoms with Crippen LogP contribution in [0, 0.1) is 0 Å². The first-order chi connectivity index (χ1) is 13.1. The molecule has 0 saturated carbocycles. The quantitative estimate of drug-likeness (QED) is 0.449. The summed E-state index contributed by atoms with van der Waals surface area (Å²) in [7, 11) is 0. The Morgan fingerprint density at radius 1 is 1.11 bits per heavy atom. The van der Waals surface area contributed by atoms with Crippen molar-refractivity contribution in [3.05, 3.63) is 74.9 Å². The van der Waals surface area contributed by atoms with Gasteiger partial charge in [0.1, 0.15) is 0 Å². The molecule has 0 atom stereocenters. The molecule has 3 N–H and O–H groups in total. The Kier molecular flexibility index (Phi) is 4.05. The van der Waals surface area contributed by atoms with E-state index in [1.807, 2.05) is 0 Å². The zero-order valence-electron chi connectivity index (χ0n) is 13.7. The van der Waals surface area contributed by atoms with Gasteiger partial charge in [0.05, 0.1) is 17.6 Å². The number of nitrogens with zero attached hydrogens (tertiary/aromatic N) is 3. The van der Waals surface area contributed by atoms with Crippen LogP contribution in [0.2, 0.25) is 0 Å². The van der Waals surface area contributed by atoms with Gasteiger partial charge in [-0.15, -0.1) is 0 Å². The Hall–Kier alpha value is -4.08. The van der Waals surface area contributed by atoms with Crippen molar-refractivity contribution < 1.29 is 9.32 Å². The minimum absolute atomic E-state index is 0.0340. The Labute approximate surface area is 150 Å². The van der Waals surface area contributed by atoms with Gasteiger partial charge in [0.15, 0.2) is 0 Å². The molecule has 0 saturated heterocycles. The van der Waals surface area contributed by atoms with E-state index in [1.54, 1.807) is 24.5 Å². The van der Waals surface area contributed by atoms with Crippen LogP contribution in [-0.2, 0) is 6.54 Å². The van der Waals surface area contributed by atoms with E-state index in [0.29, 0.717) is 28.0 Å². The molecule has 0 bridgehead atoms. The summed E-state index contributed by atoms with van der Waals surface area (Å²) in [5.74, 6) is 0.213. The monoisotopic (exact) mass is 364 g/mol. The number of hydrogen-bond acceptors (Lipinski definition) is 7. The summed E-state index contributed by atoms with van der Waals surface area (Å²) < 4.78 is 5.11. The number of aromatic nitrogens is 5. The van der Waals surface area contributed by atoms with Gasteiger partial charge >= 0.3 is 11.1 Å². The average Bonchev–Trinajstić information content (AvgIpc) is 3.16. The van der Waals surface area contributed by atoms with Crippen LogP contribution in [0.5, 0.6) is 0 Å². The summed E-state index contributed by atoms with van der Waals surface area (Å²) in [6, 6.07) is 8.08. The lowest BCUT2D eigenvalue weighted by atomic mass is 10.2. The molecular weight excluding hydrogens is 352 g/mol. The van der Waals surface area contributed by atoms with Crippen molar-refractivity contribution in [2.24, 2.45) is 0 Å². The van der Waals surface area contributed by atoms with Crippen molar-refractivity contribution in [3.8, 4) is 11.4 Å². The van der Waals surface area contributed by atoms with Gasteiger partial charge in [0, 0.05) is 23.5 Å². The van der Waals surface area contributed by atoms with Crippen molar-refractivity contribution in [1.82, 2.24) is 30.4 Å². The highest BCUT2D eigenvalue weighted by molar-refractivity contribution is 5.97. The SMILES string of the molecule is O=C(NCc1nc(-c2cccnc2)no1)c1ccc2[nH]c(=O)c(=O)[nH]c2c1. The summed E-state index contributed by atoms with van der Waals surface area (Å²) in [4.78, 5) is 48.1. The second-order valence-electron chi connectivity index (χ2n) is 5.60. The third kappa shape index (κ3) is 3.35. The van der Waals surface area contributed by atoms with Crippen LogP contribution in [0.15, 0.2) is 56.8 Å². The van der Waals surface area contributed by atoms with Gasteiger partial charge in [-0.2, -0.15) is 4.98 Å². The number of H-pyrrole nitrogens is 2. The maximum atomic E-state index is 12.3. The third-order valence-electron chi connectivity index (χ3n) is 3.77. The van der Waals surface area contributed by atoms with Gasteiger partial charge in [0.25, 0.3) is 5.91 Å². The van der Waals surface area contributed by atoms with E-state index in [0.717, 1.165) is 0 Å². The van der Waals surface area contributed by atoms with Crippen LogP contribution in [0.3, 0.4) is 0 Å². The normalized spacial score (nSPS) is 10.8. The topological polar surface area (TPSA) is 147 Å². The van der Waals surface area contributed by atoms with Gasteiger partial charge < -0.3 is 19.8 Å². The van der Waals surface area contributed by atoms with Crippen molar-refractivity contribution in [3.63, 3.8) is 0 Å². The number of nitrogens with one attached hydrogen (secondary N) is 3. The van der Waals surface area contributed by atoms with E-state index in [9.17, 15) is 14.4 Å². The molecular formula is C17H12N6O4. The van der Waals surface area contributed by atoms with E-state index < -0.39 is 17.0 Å². The number of pyridine rings is 1. The van der Waals surface area contributed by atoms with Crippen LogP contribution >= 0.6 is 0 Å². The Balaban J connectivity index is 1.49. The van der Waals surface area contributed by atoms with Crippen molar-refractivity contribution in [1.29, 1.82) is 0 Å².